The minimum absolute atomic E-state index is 0.0494. The molecule has 3 heterocycles. The van der Waals surface area contributed by atoms with Crippen molar-refractivity contribution in [2.45, 2.75) is 6.54 Å². The van der Waals surface area contributed by atoms with Gasteiger partial charge in [0.1, 0.15) is 12.4 Å². The summed E-state index contributed by atoms with van der Waals surface area (Å²) in [6, 6.07) is 4.79. The molecule has 0 radical (unpaired) electrons. The summed E-state index contributed by atoms with van der Waals surface area (Å²) in [5.41, 5.74) is 13.8. The first kappa shape index (κ1) is 15.8. The van der Waals surface area contributed by atoms with Crippen LogP contribution in [0.2, 0.25) is 0 Å². The molecule has 0 atom stereocenters. The Morgan fingerprint density at radius 3 is 2.92 bits per heavy atom. The molecule has 26 heavy (non-hydrogen) atoms. The van der Waals surface area contributed by atoms with E-state index >= 15 is 0 Å². The summed E-state index contributed by atoms with van der Waals surface area (Å²) in [4.78, 5) is 29.8. The number of rotatable bonds is 3. The molecule has 3 aromatic rings. The van der Waals surface area contributed by atoms with E-state index in [1.165, 1.54) is 6.07 Å². The van der Waals surface area contributed by atoms with E-state index in [-0.39, 0.29) is 17.3 Å². The van der Waals surface area contributed by atoms with Crippen LogP contribution in [0.1, 0.15) is 16.1 Å². The van der Waals surface area contributed by atoms with Crippen molar-refractivity contribution in [3.8, 4) is 5.75 Å². The highest BCUT2D eigenvalue weighted by Gasteiger charge is 2.21. The number of hydrogen-bond donors (Lipinski definition) is 3. The van der Waals surface area contributed by atoms with E-state index in [4.69, 9.17) is 21.3 Å². The van der Waals surface area contributed by atoms with Crippen LogP contribution in [-0.2, 0) is 6.54 Å². The second-order valence-electron chi connectivity index (χ2n) is 5.76. The fraction of sp³-hybridized carbons (Fsp3) is 0.188. The summed E-state index contributed by atoms with van der Waals surface area (Å²) in [5.74, 6) is -0.243. The number of nitrogen functional groups attached to an aromatic ring is 2. The van der Waals surface area contributed by atoms with Gasteiger partial charge in [-0.2, -0.15) is 9.97 Å². The third-order valence-corrected chi connectivity index (χ3v) is 4.02. The summed E-state index contributed by atoms with van der Waals surface area (Å²) < 4.78 is 5.59. The molecule has 0 saturated carbocycles. The molecule has 0 fully saturated rings. The van der Waals surface area contributed by atoms with Crippen LogP contribution in [-0.4, -0.2) is 44.2 Å². The van der Waals surface area contributed by atoms with Crippen LogP contribution in [0.25, 0.3) is 11.2 Å². The lowest BCUT2D eigenvalue weighted by atomic mass is 10.1. The van der Waals surface area contributed by atoms with Gasteiger partial charge in [0.15, 0.2) is 17.0 Å². The van der Waals surface area contributed by atoms with E-state index in [9.17, 15) is 4.79 Å². The van der Waals surface area contributed by atoms with Gasteiger partial charge in [-0.15, -0.1) is 0 Å². The van der Waals surface area contributed by atoms with Gasteiger partial charge in [0.2, 0.25) is 5.95 Å². The molecule has 10 nitrogen and oxygen atoms in total. The number of anilines is 3. The summed E-state index contributed by atoms with van der Waals surface area (Å²) in [5, 5.41) is 9.11. The van der Waals surface area contributed by atoms with Crippen LogP contribution in [0.15, 0.2) is 24.4 Å². The predicted molar refractivity (Wildman–Crippen MR) is 93.9 cm³/mol. The van der Waals surface area contributed by atoms with E-state index < -0.39 is 5.97 Å². The van der Waals surface area contributed by atoms with Crippen LogP contribution in [0.5, 0.6) is 5.75 Å². The highest BCUT2D eigenvalue weighted by molar-refractivity contribution is 5.89. The second-order valence-corrected chi connectivity index (χ2v) is 5.76. The summed E-state index contributed by atoms with van der Waals surface area (Å²) >= 11 is 0. The molecule has 10 heteroatoms. The molecule has 0 unspecified atom stereocenters. The molecule has 1 aliphatic rings. The van der Waals surface area contributed by atoms with Gasteiger partial charge < -0.3 is 26.2 Å². The number of ether oxygens (including phenoxy) is 1. The highest BCUT2D eigenvalue weighted by atomic mass is 16.5. The zero-order chi connectivity index (χ0) is 18.3. The summed E-state index contributed by atoms with van der Waals surface area (Å²) in [7, 11) is 0. The third-order valence-electron chi connectivity index (χ3n) is 4.02. The first-order chi connectivity index (χ1) is 12.5. The number of benzene rings is 1. The molecule has 0 bridgehead atoms. The third kappa shape index (κ3) is 2.77. The van der Waals surface area contributed by atoms with Crippen molar-refractivity contribution in [1.82, 2.24) is 19.9 Å². The fourth-order valence-electron chi connectivity index (χ4n) is 2.83. The number of fused-ring (bicyclic) bond motifs is 2. The Labute approximate surface area is 147 Å². The lowest BCUT2D eigenvalue weighted by Gasteiger charge is -2.31. The monoisotopic (exact) mass is 353 g/mol. The lowest BCUT2D eigenvalue weighted by Crippen LogP contribution is -2.32. The number of hydrogen-bond acceptors (Lipinski definition) is 9. The molecule has 0 amide bonds. The van der Waals surface area contributed by atoms with Crippen molar-refractivity contribution < 1.29 is 14.6 Å². The number of carbonyl (C=O) groups is 1. The fourth-order valence-corrected chi connectivity index (χ4v) is 2.83. The number of nitrogens with two attached hydrogens (primary N) is 2. The smallest absolute Gasteiger partial charge is 0.335 e. The van der Waals surface area contributed by atoms with Crippen molar-refractivity contribution >= 4 is 34.6 Å². The van der Waals surface area contributed by atoms with Gasteiger partial charge in [-0.25, -0.2) is 14.8 Å². The highest BCUT2D eigenvalue weighted by Crippen LogP contribution is 2.33. The SMILES string of the molecule is Nc1nc(N)c2nc(CN3CCOc4cc(C(=O)O)ccc43)cnc2n1. The van der Waals surface area contributed by atoms with Gasteiger partial charge in [-0.1, -0.05) is 0 Å². The standard InChI is InChI=1S/C16H15N7O3/c17-13-12-14(22-16(18)21-13)19-6-9(20-12)7-23-3-4-26-11-5-8(15(24)25)1-2-10(11)23/h1-2,5-6H,3-4,7H2,(H,24,25)(H4,17,18,19,21,22). The number of aromatic nitrogens is 4. The summed E-state index contributed by atoms with van der Waals surface area (Å²) in [6.07, 6.45) is 1.61. The van der Waals surface area contributed by atoms with E-state index in [1.807, 2.05) is 4.90 Å². The summed E-state index contributed by atoms with van der Waals surface area (Å²) in [6.45, 7) is 1.53. The Bertz CT molecular complexity index is 1020. The van der Waals surface area contributed by atoms with Crippen LogP contribution in [0.4, 0.5) is 17.5 Å². The van der Waals surface area contributed by atoms with Crippen molar-refractivity contribution in [3.63, 3.8) is 0 Å². The normalized spacial score (nSPS) is 13.3. The lowest BCUT2D eigenvalue weighted by molar-refractivity contribution is 0.0696. The van der Waals surface area contributed by atoms with Crippen LogP contribution in [0.3, 0.4) is 0 Å². The quantitative estimate of drug-likeness (QED) is 0.612. The maximum Gasteiger partial charge on any atom is 0.335 e. The molecular formula is C16H15N7O3. The second kappa shape index (κ2) is 5.99. The van der Waals surface area contributed by atoms with Crippen LogP contribution >= 0.6 is 0 Å². The number of carboxylic acid groups (broad SMARTS) is 1. The van der Waals surface area contributed by atoms with Gasteiger partial charge in [-0.3, -0.25) is 0 Å². The Balaban J connectivity index is 1.66. The van der Waals surface area contributed by atoms with Crippen molar-refractivity contribution in [2.24, 2.45) is 0 Å². The van der Waals surface area contributed by atoms with Crippen LogP contribution in [0, 0.1) is 0 Å². The van der Waals surface area contributed by atoms with E-state index in [1.54, 1.807) is 18.3 Å². The van der Waals surface area contributed by atoms with Gasteiger partial charge in [0, 0.05) is 0 Å². The zero-order valence-electron chi connectivity index (χ0n) is 13.6. The van der Waals surface area contributed by atoms with Gasteiger partial charge in [0.25, 0.3) is 0 Å². The minimum atomic E-state index is -0.997. The Hall–Kier alpha value is -3.69. The Kier molecular flexibility index (Phi) is 3.64. The predicted octanol–water partition coefficient (Wildman–Crippen LogP) is 0.681. The number of carboxylic acids is 1. The molecule has 5 N–H and O–H groups in total. The maximum absolute atomic E-state index is 11.1. The molecule has 132 valence electrons. The Morgan fingerprint density at radius 1 is 1.27 bits per heavy atom. The minimum Gasteiger partial charge on any atom is -0.490 e. The van der Waals surface area contributed by atoms with Gasteiger partial charge in [0.05, 0.1) is 36.2 Å². The molecule has 1 aliphatic heterocycles. The van der Waals surface area contributed by atoms with Crippen LogP contribution < -0.4 is 21.1 Å². The first-order valence-corrected chi connectivity index (χ1v) is 7.81. The van der Waals surface area contributed by atoms with Crippen molar-refractivity contribution in [1.29, 1.82) is 0 Å². The molecule has 4 rings (SSSR count). The largest absolute Gasteiger partial charge is 0.490 e. The van der Waals surface area contributed by atoms with E-state index in [0.29, 0.717) is 42.3 Å². The average Bonchev–Trinajstić information content (AvgIpc) is 2.62. The van der Waals surface area contributed by atoms with E-state index in [2.05, 4.69) is 19.9 Å². The van der Waals surface area contributed by atoms with Gasteiger partial charge in [-0.05, 0) is 18.2 Å². The average molecular weight is 353 g/mol. The topological polar surface area (TPSA) is 153 Å². The number of nitrogens with zero attached hydrogens (tertiary/aromatic N) is 5. The number of aromatic carboxylic acids is 1. The molecule has 0 saturated heterocycles. The molecule has 0 aliphatic carbocycles. The first-order valence-electron chi connectivity index (χ1n) is 7.81. The molecule has 0 spiro atoms. The van der Waals surface area contributed by atoms with Gasteiger partial charge >= 0.3 is 5.97 Å². The van der Waals surface area contributed by atoms with Crippen molar-refractivity contribution in [3.05, 3.63) is 35.7 Å². The molecule has 1 aromatic carbocycles. The van der Waals surface area contributed by atoms with E-state index in [0.717, 1.165) is 5.69 Å². The van der Waals surface area contributed by atoms with Crippen molar-refractivity contribution in [2.75, 3.05) is 29.5 Å². The molecule has 2 aromatic heterocycles. The molecular weight excluding hydrogens is 338 g/mol. The zero-order valence-corrected chi connectivity index (χ0v) is 13.6. The maximum atomic E-state index is 11.1. The Morgan fingerprint density at radius 2 is 2.12 bits per heavy atom.